The van der Waals surface area contributed by atoms with Gasteiger partial charge in [-0.3, -0.25) is 4.79 Å². The second-order valence-electron chi connectivity index (χ2n) is 5.47. The topological polar surface area (TPSA) is 49.8 Å². The van der Waals surface area contributed by atoms with Gasteiger partial charge in [-0.05, 0) is 48.4 Å². The summed E-state index contributed by atoms with van der Waals surface area (Å²) in [5, 5.41) is 9.42. The SMILES string of the molecule is CN(C)c1ccc(C(CCOc2ccc(F)cc2)C(=O)O)cc1. The Morgan fingerprint density at radius 2 is 1.74 bits per heavy atom. The van der Waals surface area contributed by atoms with E-state index in [4.69, 9.17) is 4.74 Å². The number of benzene rings is 2. The average molecular weight is 317 g/mol. The van der Waals surface area contributed by atoms with Crippen molar-refractivity contribution in [1.82, 2.24) is 0 Å². The van der Waals surface area contributed by atoms with Gasteiger partial charge in [0.1, 0.15) is 11.6 Å². The predicted molar refractivity (Wildman–Crippen MR) is 87.7 cm³/mol. The van der Waals surface area contributed by atoms with Crippen LogP contribution in [0.2, 0.25) is 0 Å². The Balaban J connectivity index is 1.98. The van der Waals surface area contributed by atoms with Gasteiger partial charge in [-0.15, -0.1) is 0 Å². The molecule has 2 rings (SSSR count). The van der Waals surface area contributed by atoms with Crippen molar-refractivity contribution in [3.63, 3.8) is 0 Å². The molecule has 122 valence electrons. The molecule has 0 aromatic heterocycles. The second kappa shape index (κ2) is 7.63. The summed E-state index contributed by atoms with van der Waals surface area (Å²) in [4.78, 5) is 13.4. The van der Waals surface area contributed by atoms with Crippen LogP contribution in [0.15, 0.2) is 48.5 Å². The molecular weight excluding hydrogens is 297 g/mol. The summed E-state index contributed by atoms with van der Waals surface area (Å²) in [5.74, 6) is -1.32. The zero-order valence-corrected chi connectivity index (χ0v) is 13.2. The molecular formula is C18H20FNO3. The summed E-state index contributed by atoms with van der Waals surface area (Å²) in [6.07, 6.45) is 0.341. The highest BCUT2D eigenvalue weighted by Crippen LogP contribution is 2.23. The van der Waals surface area contributed by atoms with Gasteiger partial charge in [-0.1, -0.05) is 12.1 Å². The first-order valence-corrected chi connectivity index (χ1v) is 7.36. The fourth-order valence-corrected chi connectivity index (χ4v) is 2.26. The summed E-state index contributed by atoms with van der Waals surface area (Å²) >= 11 is 0. The predicted octanol–water partition coefficient (Wildman–Crippen LogP) is 3.53. The molecule has 23 heavy (non-hydrogen) atoms. The minimum atomic E-state index is -0.884. The summed E-state index contributed by atoms with van der Waals surface area (Å²) < 4.78 is 18.3. The normalized spacial score (nSPS) is 11.8. The number of hydrogen-bond acceptors (Lipinski definition) is 3. The number of carboxylic acid groups (broad SMARTS) is 1. The second-order valence-corrected chi connectivity index (χ2v) is 5.47. The third kappa shape index (κ3) is 4.71. The lowest BCUT2D eigenvalue weighted by molar-refractivity contribution is -0.139. The van der Waals surface area contributed by atoms with Gasteiger partial charge in [0.2, 0.25) is 0 Å². The number of ether oxygens (including phenoxy) is 1. The van der Waals surface area contributed by atoms with Crippen LogP contribution in [0.5, 0.6) is 5.75 Å². The summed E-state index contributed by atoms with van der Waals surface area (Å²) in [6.45, 7) is 0.248. The van der Waals surface area contributed by atoms with Crippen molar-refractivity contribution in [2.24, 2.45) is 0 Å². The van der Waals surface area contributed by atoms with E-state index in [1.54, 1.807) is 0 Å². The van der Waals surface area contributed by atoms with Crippen molar-refractivity contribution in [2.45, 2.75) is 12.3 Å². The molecule has 2 aromatic rings. The van der Waals surface area contributed by atoms with E-state index in [-0.39, 0.29) is 12.4 Å². The zero-order chi connectivity index (χ0) is 16.8. The molecule has 1 N–H and O–H groups in total. The zero-order valence-electron chi connectivity index (χ0n) is 13.2. The van der Waals surface area contributed by atoms with Gasteiger partial charge in [-0.25, -0.2) is 4.39 Å². The van der Waals surface area contributed by atoms with Gasteiger partial charge < -0.3 is 14.7 Å². The van der Waals surface area contributed by atoms with E-state index in [2.05, 4.69) is 0 Å². The standard InChI is InChI=1S/C18H20FNO3/c1-20(2)15-7-3-13(4-8-15)17(18(21)22)11-12-23-16-9-5-14(19)6-10-16/h3-10,17H,11-12H2,1-2H3,(H,21,22). The summed E-state index contributed by atoms with van der Waals surface area (Å²) in [6, 6.07) is 13.1. The maximum Gasteiger partial charge on any atom is 0.311 e. The molecule has 0 aliphatic rings. The summed E-state index contributed by atoms with van der Waals surface area (Å²) in [5.41, 5.74) is 1.76. The van der Waals surface area contributed by atoms with Crippen LogP contribution >= 0.6 is 0 Å². The van der Waals surface area contributed by atoms with E-state index in [9.17, 15) is 14.3 Å². The van der Waals surface area contributed by atoms with Crippen molar-refractivity contribution in [3.05, 3.63) is 59.9 Å². The first-order chi connectivity index (χ1) is 11.0. The average Bonchev–Trinajstić information content (AvgIpc) is 2.53. The Labute approximate surface area is 135 Å². The van der Waals surface area contributed by atoms with Crippen molar-refractivity contribution >= 4 is 11.7 Å². The molecule has 0 saturated carbocycles. The van der Waals surface area contributed by atoms with Crippen LogP contribution in [0.1, 0.15) is 17.9 Å². The van der Waals surface area contributed by atoms with E-state index in [1.165, 1.54) is 24.3 Å². The van der Waals surface area contributed by atoms with Crippen LogP contribution in [0.3, 0.4) is 0 Å². The third-order valence-corrected chi connectivity index (χ3v) is 3.60. The number of anilines is 1. The molecule has 2 aromatic carbocycles. The molecule has 0 fully saturated rings. The van der Waals surface area contributed by atoms with Gasteiger partial charge in [0.05, 0.1) is 12.5 Å². The lowest BCUT2D eigenvalue weighted by Gasteiger charge is -2.16. The highest BCUT2D eigenvalue weighted by molar-refractivity contribution is 5.76. The molecule has 0 saturated heterocycles. The molecule has 0 radical (unpaired) electrons. The minimum absolute atomic E-state index is 0.248. The molecule has 1 atom stereocenters. The Kier molecular flexibility index (Phi) is 5.57. The fraction of sp³-hybridized carbons (Fsp3) is 0.278. The lowest BCUT2D eigenvalue weighted by Crippen LogP contribution is -2.15. The highest BCUT2D eigenvalue weighted by Gasteiger charge is 2.20. The van der Waals surface area contributed by atoms with Gasteiger partial charge in [0.25, 0.3) is 0 Å². The number of carbonyl (C=O) groups is 1. The number of rotatable bonds is 7. The first-order valence-electron chi connectivity index (χ1n) is 7.36. The van der Waals surface area contributed by atoms with E-state index in [1.807, 2.05) is 43.3 Å². The van der Waals surface area contributed by atoms with Gasteiger partial charge in [-0.2, -0.15) is 0 Å². The number of hydrogen-bond donors (Lipinski definition) is 1. The van der Waals surface area contributed by atoms with Gasteiger partial charge in [0, 0.05) is 19.8 Å². The van der Waals surface area contributed by atoms with Crippen molar-refractivity contribution < 1.29 is 19.0 Å². The number of halogens is 1. The smallest absolute Gasteiger partial charge is 0.311 e. The van der Waals surface area contributed by atoms with Crippen LogP contribution in [0, 0.1) is 5.82 Å². The Morgan fingerprint density at radius 3 is 2.26 bits per heavy atom. The lowest BCUT2D eigenvalue weighted by atomic mass is 9.96. The third-order valence-electron chi connectivity index (χ3n) is 3.60. The van der Waals surface area contributed by atoms with Gasteiger partial charge in [0.15, 0.2) is 0 Å². The van der Waals surface area contributed by atoms with Crippen LogP contribution < -0.4 is 9.64 Å². The monoisotopic (exact) mass is 317 g/mol. The molecule has 0 bridgehead atoms. The van der Waals surface area contributed by atoms with E-state index in [0.29, 0.717) is 12.2 Å². The molecule has 0 amide bonds. The first kappa shape index (κ1) is 16.8. The van der Waals surface area contributed by atoms with E-state index >= 15 is 0 Å². The maximum absolute atomic E-state index is 12.8. The van der Waals surface area contributed by atoms with Crippen LogP contribution in [0.4, 0.5) is 10.1 Å². The quantitative estimate of drug-likeness (QED) is 0.849. The van der Waals surface area contributed by atoms with Gasteiger partial charge >= 0.3 is 5.97 Å². The molecule has 0 spiro atoms. The number of carboxylic acids is 1. The molecule has 5 heteroatoms. The molecule has 4 nitrogen and oxygen atoms in total. The Bertz CT molecular complexity index is 638. The van der Waals surface area contributed by atoms with Crippen LogP contribution in [0.25, 0.3) is 0 Å². The fourth-order valence-electron chi connectivity index (χ4n) is 2.26. The molecule has 0 aliphatic carbocycles. The Hall–Kier alpha value is -2.56. The summed E-state index contributed by atoms with van der Waals surface area (Å²) in [7, 11) is 3.86. The molecule has 0 aliphatic heterocycles. The highest BCUT2D eigenvalue weighted by atomic mass is 19.1. The maximum atomic E-state index is 12.8. The van der Waals surface area contributed by atoms with E-state index < -0.39 is 11.9 Å². The van der Waals surface area contributed by atoms with Crippen LogP contribution in [-0.4, -0.2) is 31.8 Å². The minimum Gasteiger partial charge on any atom is -0.494 e. The largest absolute Gasteiger partial charge is 0.494 e. The van der Waals surface area contributed by atoms with Crippen molar-refractivity contribution in [3.8, 4) is 5.75 Å². The van der Waals surface area contributed by atoms with Crippen molar-refractivity contribution in [1.29, 1.82) is 0 Å². The number of aliphatic carboxylic acids is 1. The van der Waals surface area contributed by atoms with Crippen LogP contribution in [-0.2, 0) is 4.79 Å². The molecule has 0 heterocycles. The number of nitrogens with zero attached hydrogens (tertiary/aromatic N) is 1. The molecule has 1 unspecified atom stereocenters. The Morgan fingerprint density at radius 1 is 1.13 bits per heavy atom. The van der Waals surface area contributed by atoms with E-state index in [0.717, 1.165) is 11.3 Å². The van der Waals surface area contributed by atoms with Crippen molar-refractivity contribution in [2.75, 3.05) is 25.6 Å².